The van der Waals surface area contributed by atoms with Gasteiger partial charge >= 0.3 is 0 Å². The molecule has 0 aliphatic rings. The number of amides is 1. The van der Waals surface area contributed by atoms with Crippen LogP contribution in [0.4, 0.5) is 0 Å². The van der Waals surface area contributed by atoms with Gasteiger partial charge in [0.25, 0.3) is 0 Å². The lowest BCUT2D eigenvalue weighted by atomic mass is 10.1. The molecule has 0 saturated heterocycles. The van der Waals surface area contributed by atoms with E-state index in [1.165, 1.54) is 4.90 Å². The molecule has 1 aromatic heterocycles. The van der Waals surface area contributed by atoms with Crippen molar-refractivity contribution in [1.82, 2.24) is 9.88 Å². The van der Waals surface area contributed by atoms with Crippen molar-refractivity contribution in [3.63, 3.8) is 0 Å². The lowest BCUT2D eigenvalue weighted by molar-refractivity contribution is -0.121. The van der Waals surface area contributed by atoms with Crippen LogP contribution in [-0.2, 0) is 17.8 Å². The number of aryl methyl sites for hydroxylation is 1. The van der Waals surface area contributed by atoms with Gasteiger partial charge in [-0.05, 0) is 96.6 Å². The Bertz CT molecular complexity index is 1250. The molecule has 4 aromatic rings. The second kappa shape index (κ2) is 11.3. The Morgan fingerprint density at radius 1 is 1.00 bits per heavy atom. The minimum absolute atomic E-state index is 0.0106. The third kappa shape index (κ3) is 5.85. The summed E-state index contributed by atoms with van der Waals surface area (Å²) in [6.45, 7) is 0.466. The number of aromatic nitrogens is 1. The first kappa shape index (κ1) is 24.0. The molecule has 6 heteroatoms. The highest BCUT2D eigenvalue weighted by atomic mass is 35.5. The number of rotatable bonds is 9. The molecule has 4 nitrogen and oxygen atoms in total. The van der Waals surface area contributed by atoms with Gasteiger partial charge in [-0.15, -0.1) is 11.8 Å². The summed E-state index contributed by atoms with van der Waals surface area (Å²) in [6.07, 6.45) is 3.10. The molecule has 0 unspecified atom stereocenters. The lowest BCUT2D eigenvalue weighted by Crippen LogP contribution is -2.23. The predicted octanol–water partition coefficient (Wildman–Crippen LogP) is 6.78. The summed E-state index contributed by atoms with van der Waals surface area (Å²) in [5.41, 5.74) is 5.31. The number of nitrogens with one attached hydrogen (secondary N) is 1. The van der Waals surface area contributed by atoms with Gasteiger partial charge in [0, 0.05) is 34.3 Å². The average Bonchev–Trinajstić information content (AvgIpc) is 3.30. The number of carbonyl (C=O) groups is 1. The van der Waals surface area contributed by atoms with Crippen LogP contribution in [-0.4, -0.2) is 23.8 Å². The molecule has 4 rings (SSSR count). The van der Waals surface area contributed by atoms with E-state index in [0.29, 0.717) is 24.4 Å². The summed E-state index contributed by atoms with van der Waals surface area (Å²) >= 11 is 7.76. The smallest absolute Gasteiger partial charge is 0.220 e. The van der Waals surface area contributed by atoms with Crippen LogP contribution in [0.1, 0.15) is 17.7 Å². The van der Waals surface area contributed by atoms with Gasteiger partial charge in [0.1, 0.15) is 5.75 Å². The molecule has 0 aliphatic heterocycles. The average molecular weight is 491 g/mol. The molecule has 0 radical (unpaired) electrons. The first-order chi connectivity index (χ1) is 16.6. The van der Waals surface area contributed by atoms with Crippen LogP contribution in [0.15, 0.2) is 89.8 Å². The minimum atomic E-state index is 0.0106. The van der Waals surface area contributed by atoms with E-state index in [1.54, 1.807) is 18.9 Å². The minimum Gasteiger partial charge on any atom is -0.497 e. The van der Waals surface area contributed by atoms with Crippen LogP contribution in [0.2, 0.25) is 5.02 Å². The summed E-state index contributed by atoms with van der Waals surface area (Å²) < 4.78 is 7.55. The van der Waals surface area contributed by atoms with E-state index in [-0.39, 0.29) is 5.91 Å². The summed E-state index contributed by atoms with van der Waals surface area (Å²) in [5.74, 6) is 0.833. The van der Waals surface area contributed by atoms with Crippen LogP contribution in [0.5, 0.6) is 5.75 Å². The largest absolute Gasteiger partial charge is 0.497 e. The van der Waals surface area contributed by atoms with Gasteiger partial charge in [-0.25, -0.2) is 0 Å². The summed E-state index contributed by atoms with van der Waals surface area (Å²) in [5, 5.41) is 3.67. The van der Waals surface area contributed by atoms with E-state index in [4.69, 9.17) is 16.3 Å². The molecule has 3 aromatic carbocycles. The molecule has 0 atom stereocenters. The lowest BCUT2D eigenvalue weighted by Gasteiger charge is -2.15. The quantitative estimate of drug-likeness (QED) is 0.263. The van der Waals surface area contributed by atoms with Crippen molar-refractivity contribution in [3.05, 3.63) is 101 Å². The van der Waals surface area contributed by atoms with Crippen LogP contribution in [0.25, 0.3) is 16.9 Å². The molecule has 0 saturated carbocycles. The number of carbonyl (C=O) groups excluding carboxylic acids is 1. The number of halogens is 1. The fraction of sp³-hybridized carbons (Fsp3) is 0.179. The third-order valence-corrected chi connectivity index (χ3v) is 6.64. The monoisotopic (exact) mass is 490 g/mol. The molecule has 34 heavy (non-hydrogen) atoms. The van der Waals surface area contributed by atoms with Crippen molar-refractivity contribution < 1.29 is 9.53 Å². The van der Waals surface area contributed by atoms with Crippen molar-refractivity contribution in [2.24, 2.45) is 0 Å². The van der Waals surface area contributed by atoms with E-state index < -0.39 is 0 Å². The highest BCUT2D eigenvalue weighted by Crippen LogP contribution is 2.29. The van der Waals surface area contributed by atoms with Crippen LogP contribution in [0.3, 0.4) is 0 Å². The molecule has 1 N–H and O–H groups in total. The number of hydrogen-bond donors (Lipinski definition) is 1. The van der Waals surface area contributed by atoms with Crippen molar-refractivity contribution in [2.45, 2.75) is 24.3 Å². The first-order valence-electron chi connectivity index (χ1n) is 11.1. The van der Waals surface area contributed by atoms with Gasteiger partial charge in [-0.1, -0.05) is 23.7 Å². The van der Waals surface area contributed by atoms with E-state index in [9.17, 15) is 4.79 Å². The maximum atomic E-state index is 12.6. The zero-order valence-corrected chi connectivity index (χ0v) is 20.8. The molecule has 0 aliphatic carbocycles. The van der Waals surface area contributed by atoms with Crippen LogP contribution in [0, 0.1) is 0 Å². The number of thioether (sulfide) groups is 1. The maximum absolute atomic E-state index is 12.6. The van der Waals surface area contributed by atoms with Crippen molar-refractivity contribution in [1.29, 1.82) is 0 Å². The van der Waals surface area contributed by atoms with Gasteiger partial charge in [0.05, 0.1) is 12.8 Å². The SMILES string of the molecule is COc1ccc(-c2ccc(CCC(=O)NCc3cccc(Cl)c3)n2-c2ccc(SC)cc2)cc1. The molecule has 0 bridgehead atoms. The van der Waals surface area contributed by atoms with Crippen molar-refractivity contribution in [2.75, 3.05) is 13.4 Å². The molecule has 174 valence electrons. The number of hydrogen-bond acceptors (Lipinski definition) is 3. The molecule has 0 fully saturated rings. The van der Waals surface area contributed by atoms with Crippen molar-refractivity contribution in [3.8, 4) is 22.7 Å². The Labute approximate surface area is 209 Å². The van der Waals surface area contributed by atoms with Gasteiger partial charge in [-0.3, -0.25) is 4.79 Å². The Balaban J connectivity index is 1.54. The number of nitrogens with zero attached hydrogens (tertiary/aromatic N) is 1. The summed E-state index contributed by atoms with van der Waals surface area (Å²) in [4.78, 5) is 13.8. The van der Waals surface area contributed by atoms with E-state index in [1.807, 2.05) is 36.4 Å². The standard InChI is InChI=1S/C28H27ClN2O2S/c1-33-25-12-6-21(7-13-25)27-16-10-24(31(27)23-8-14-26(34-2)15-9-23)11-17-28(32)30-19-20-4-3-5-22(29)18-20/h3-10,12-16,18H,11,17,19H2,1-2H3,(H,30,32). The second-order valence-corrected chi connectivity index (χ2v) is 9.19. The van der Waals surface area contributed by atoms with E-state index in [2.05, 4.69) is 64.7 Å². The zero-order valence-electron chi connectivity index (χ0n) is 19.3. The molecular formula is C28H27ClN2O2S. The first-order valence-corrected chi connectivity index (χ1v) is 12.7. The Hall–Kier alpha value is -3.15. The molecular weight excluding hydrogens is 464 g/mol. The topological polar surface area (TPSA) is 43.3 Å². The Morgan fingerprint density at radius 2 is 1.76 bits per heavy atom. The van der Waals surface area contributed by atoms with Crippen LogP contribution >= 0.6 is 23.4 Å². The fourth-order valence-electron chi connectivity index (χ4n) is 3.87. The molecule has 1 heterocycles. The zero-order chi connectivity index (χ0) is 23.9. The number of methoxy groups -OCH3 is 1. The highest BCUT2D eigenvalue weighted by molar-refractivity contribution is 7.98. The predicted molar refractivity (Wildman–Crippen MR) is 141 cm³/mol. The van der Waals surface area contributed by atoms with Gasteiger partial charge in [0.15, 0.2) is 0 Å². The van der Waals surface area contributed by atoms with E-state index in [0.717, 1.165) is 34.0 Å². The van der Waals surface area contributed by atoms with Crippen molar-refractivity contribution >= 4 is 29.3 Å². The van der Waals surface area contributed by atoms with Gasteiger partial charge < -0.3 is 14.6 Å². The highest BCUT2D eigenvalue weighted by Gasteiger charge is 2.14. The third-order valence-electron chi connectivity index (χ3n) is 5.67. The Morgan fingerprint density at radius 3 is 2.44 bits per heavy atom. The fourth-order valence-corrected chi connectivity index (χ4v) is 4.50. The van der Waals surface area contributed by atoms with Crippen LogP contribution < -0.4 is 10.1 Å². The van der Waals surface area contributed by atoms with E-state index >= 15 is 0 Å². The number of ether oxygens (including phenoxy) is 1. The van der Waals surface area contributed by atoms with Gasteiger partial charge in [-0.2, -0.15) is 0 Å². The summed E-state index contributed by atoms with van der Waals surface area (Å²) in [7, 11) is 1.67. The second-order valence-electron chi connectivity index (χ2n) is 7.88. The Kier molecular flexibility index (Phi) is 7.99. The molecule has 0 spiro atoms. The normalized spacial score (nSPS) is 10.8. The molecule has 1 amide bonds. The maximum Gasteiger partial charge on any atom is 0.220 e. The number of benzene rings is 3. The summed E-state index contributed by atoms with van der Waals surface area (Å²) in [6, 6.07) is 28.3. The van der Waals surface area contributed by atoms with Gasteiger partial charge in [0.2, 0.25) is 5.91 Å².